The summed E-state index contributed by atoms with van der Waals surface area (Å²) >= 11 is 3.38. The van der Waals surface area contributed by atoms with Crippen molar-refractivity contribution in [1.82, 2.24) is 8.87 Å². The van der Waals surface area contributed by atoms with Gasteiger partial charge in [-0.1, -0.05) is 15.9 Å². The number of hydrogen-bond donors (Lipinski definition) is 1. The van der Waals surface area contributed by atoms with E-state index in [9.17, 15) is 18.0 Å². The zero-order valence-electron chi connectivity index (χ0n) is 16.0. The maximum Gasteiger partial charge on any atom is 0.354 e. The summed E-state index contributed by atoms with van der Waals surface area (Å²) in [6.45, 7) is 3.35. The molecular formula is C18H22BrN3O5S. The summed E-state index contributed by atoms with van der Waals surface area (Å²) in [7, 11) is -1.10. The number of carbonyl (C=O) groups is 2. The molecule has 0 aliphatic heterocycles. The average Bonchev–Trinajstić information content (AvgIpc) is 3.01. The second-order valence-electron chi connectivity index (χ2n) is 6.17. The van der Waals surface area contributed by atoms with Gasteiger partial charge in [-0.25, -0.2) is 13.2 Å². The molecule has 0 spiro atoms. The van der Waals surface area contributed by atoms with Crippen molar-refractivity contribution < 1.29 is 22.7 Å². The monoisotopic (exact) mass is 471 g/mol. The van der Waals surface area contributed by atoms with Gasteiger partial charge < -0.3 is 14.6 Å². The van der Waals surface area contributed by atoms with Crippen LogP contribution in [-0.4, -0.2) is 49.4 Å². The molecule has 1 aromatic heterocycles. The minimum Gasteiger partial charge on any atom is -0.461 e. The molecule has 0 saturated carbocycles. The summed E-state index contributed by atoms with van der Waals surface area (Å²) < 4.78 is 33.6. The highest BCUT2D eigenvalue weighted by atomic mass is 79.9. The van der Waals surface area contributed by atoms with Gasteiger partial charge >= 0.3 is 5.97 Å². The molecule has 0 atom stereocenters. The minimum atomic E-state index is -3.95. The van der Waals surface area contributed by atoms with Gasteiger partial charge in [-0.15, -0.1) is 0 Å². The molecule has 0 unspecified atom stereocenters. The fraction of sp³-hybridized carbons (Fsp3) is 0.333. The molecule has 8 nitrogen and oxygen atoms in total. The predicted octanol–water partition coefficient (Wildman–Crippen LogP) is 2.53. The molecule has 0 aliphatic carbocycles. The van der Waals surface area contributed by atoms with Crippen LogP contribution in [0, 0.1) is 6.92 Å². The topological polar surface area (TPSA) is 97.7 Å². The van der Waals surface area contributed by atoms with Crippen LogP contribution in [0.5, 0.6) is 0 Å². The number of anilines is 1. The van der Waals surface area contributed by atoms with Gasteiger partial charge in [0, 0.05) is 30.5 Å². The first-order valence-electron chi connectivity index (χ1n) is 8.42. The van der Waals surface area contributed by atoms with Crippen LogP contribution in [0.15, 0.2) is 39.8 Å². The number of amides is 1. The molecule has 10 heteroatoms. The Kier molecular flexibility index (Phi) is 7.02. The number of ether oxygens (including phenoxy) is 1. The van der Waals surface area contributed by atoms with E-state index in [0.717, 1.165) is 14.3 Å². The van der Waals surface area contributed by atoms with Crippen LogP contribution in [0.25, 0.3) is 0 Å². The van der Waals surface area contributed by atoms with Gasteiger partial charge in [0.25, 0.3) is 0 Å². The van der Waals surface area contributed by atoms with Gasteiger partial charge in [-0.05, 0) is 43.7 Å². The number of carbonyl (C=O) groups excluding carboxylic acids is 2. The van der Waals surface area contributed by atoms with Gasteiger partial charge in [0.05, 0.1) is 13.2 Å². The van der Waals surface area contributed by atoms with Crippen molar-refractivity contribution in [3.8, 4) is 0 Å². The molecule has 0 fully saturated rings. The van der Waals surface area contributed by atoms with Crippen LogP contribution in [0.1, 0.15) is 23.0 Å². The van der Waals surface area contributed by atoms with Gasteiger partial charge in [0.2, 0.25) is 15.9 Å². The highest BCUT2D eigenvalue weighted by Gasteiger charge is 2.26. The zero-order valence-corrected chi connectivity index (χ0v) is 18.4. The Bertz CT molecular complexity index is 1000. The van der Waals surface area contributed by atoms with Gasteiger partial charge in [0.1, 0.15) is 10.6 Å². The van der Waals surface area contributed by atoms with Crippen molar-refractivity contribution in [1.29, 1.82) is 0 Å². The maximum atomic E-state index is 12.7. The third kappa shape index (κ3) is 5.00. The van der Waals surface area contributed by atoms with E-state index in [1.54, 1.807) is 32.2 Å². The number of halogens is 1. The number of rotatable bonds is 7. The third-order valence-corrected chi connectivity index (χ3v) is 6.64. The van der Waals surface area contributed by atoms with E-state index in [-0.39, 0.29) is 23.7 Å². The molecular weight excluding hydrogens is 450 g/mol. The highest BCUT2D eigenvalue weighted by Crippen LogP contribution is 2.21. The zero-order chi connectivity index (χ0) is 21.1. The summed E-state index contributed by atoms with van der Waals surface area (Å²) in [5, 5.41) is 2.67. The molecule has 152 valence electrons. The van der Waals surface area contributed by atoms with E-state index in [0.29, 0.717) is 5.69 Å². The van der Waals surface area contributed by atoms with Crippen molar-refractivity contribution in [3.63, 3.8) is 0 Å². The largest absolute Gasteiger partial charge is 0.461 e. The molecule has 0 saturated heterocycles. The number of benzene rings is 1. The fourth-order valence-corrected chi connectivity index (χ4v) is 3.92. The van der Waals surface area contributed by atoms with E-state index in [1.807, 2.05) is 6.92 Å². The van der Waals surface area contributed by atoms with Crippen molar-refractivity contribution in [2.24, 2.45) is 7.05 Å². The van der Waals surface area contributed by atoms with E-state index in [2.05, 4.69) is 21.2 Å². The summed E-state index contributed by atoms with van der Waals surface area (Å²) in [6, 6.07) is 6.53. The first kappa shape index (κ1) is 22.1. The van der Waals surface area contributed by atoms with Crippen molar-refractivity contribution >= 4 is 43.5 Å². The molecule has 2 rings (SSSR count). The number of aromatic nitrogens is 1. The van der Waals surface area contributed by atoms with Crippen molar-refractivity contribution in [2.45, 2.75) is 18.7 Å². The standard InChI is InChI=1S/C18H22BrN3O5S/c1-5-27-18(24)16-9-14(10-21(16)3)28(25,26)22(4)11-17(23)20-13-6-7-15(19)12(2)8-13/h6-10H,5,11H2,1-4H3,(H,20,23). The van der Waals surface area contributed by atoms with Crippen LogP contribution in [-0.2, 0) is 26.6 Å². The first-order chi connectivity index (χ1) is 13.1. The smallest absolute Gasteiger partial charge is 0.354 e. The van der Waals surface area contributed by atoms with Crippen LogP contribution in [0.3, 0.4) is 0 Å². The van der Waals surface area contributed by atoms with Gasteiger partial charge in [0.15, 0.2) is 0 Å². The molecule has 1 heterocycles. The van der Waals surface area contributed by atoms with Crippen LogP contribution >= 0.6 is 15.9 Å². The highest BCUT2D eigenvalue weighted by molar-refractivity contribution is 9.10. The Morgan fingerprint density at radius 3 is 2.57 bits per heavy atom. The van der Waals surface area contributed by atoms with Crippen LogP contribution in [0.2, 0.25) is 0 Å². The quantitative estimate of drug-likeness (QED) is 0.625. The number of nitrogens with zero attached hydrogens (tertiary/aromatic N) is 2. The lowest BCUT2D eigenvalue weighted by molar-refractivity contribution is -0.116. The van der Waals surface area contributed by atoms with Gasteiger partial charge in [-0.3, -0.25) is 4.79 Å². The van der Waals surface area contributed by atoms with Gasteiger partial charge in [-0.2, -0.15) is 4.31 Å². The van der Waals surface area contributed by atoms with E-state index < -0.39 is 21.9 Å². The maximum absolute atomic E-state index is 12.7. The molecule has 1 amide bonds. The molecule has 0 radical (unpaired) electrons. The fourth-order valence-electron chi connectivity index (χ4n) is 2.47. The van der Waals surface area contributed by atoms with Crippen molar-refractivity contribution in [2.75, 3.05) is 25.5 Å². The summed E-state index contributed by atoms with van der Waals surface area (Å²) in [6.07, 6.45) is 1.31. The number of likely N-dealkylation sites (N-methyl/N-ethyl adjacent to an activating group) is 1. The number of hydrogen-bond acceptors (Lipinski definition) is 5. The molecule has 2 aromatic rings. The Hall–Kier alpha value is -2.17. The third-order valence-electron chi connectivity index (χ3n) is 3.98. The lowest BCUT2D eigenvalue weighted by atomic mass is 10.2. The number of esters is 1. The van der Waals surface area contributed by atoms with E-state index in [4.69, 9.17) is 4.74 Å². The minimum absolute atomic E-state index is 0.0900. The summed E-state index contributed by atoms with van der Waals surface area (Å²) in [5.74, 6) is -1.09. The normalized spacial score (nSPS) is 11.5. The molecule has 1 N–H and O–H groups in total. The number of nitrogens with one attached hydrogen (secondary N) is 1. The van der Waals surface area contributed by atoms with Crippen LogP contribution in [0.4, 0.5) is 5.69 Å². The Labute approximate surface area is 172 Å². The molecule has 28 heavy (non-hydrogen) atoms. The Morgan fingerprint density at radius 1 is 1.29 bits per heavy atom. The summed E-state index contributed by atoms with van der Waals surface area (Å²) in [5.41, 5.74) is 1.62. The lowest BCUT2D eigenvalue weighted by Gasteiger charge is -2.16. The Morgan fingerprint density at radius 2 is 1.96 bits per heavy atom. The Balaban J connectivity index is 2.13. The second kappa shape index (κ2) is 8.89. The number of aryl methyl sites for hydroxylation is 2. The predicted molar refractivity (Wildman–Crippen MR) is 109 cm³/mol. The van der Waals surface area contributed by atoms with Crippen LogP contribution < -0.4 is 5.32 Å². The molecule has 0 aliphatic rings. The molecule has 1 aromatic carbocycles. The van der Waals surface area contributed by atoms with Crippen molar-refractivity contribution in [3.05, 3.63) is 46.2 Å². The second-order valence-corrected chi connectivity index (χ2v) is 9.06. The number of sulfonamides is 1. The average molecular weight is 472 g/mol. The molecule has 0 bridgehead atoms. The SMILES string of the molecule is CCOC(=O)c1cc(S(=O)(=O)N(C)CC(=O)Nc2ccc(Br)c(C)c2)cn1C. The summed E-state index contributed by atoms with van der Waals surface area (Å²) in [4.78, 5) is 24.1. The van der Waals surface area contributed by atoms with E-state index >= 15 is 0 Å². The first-order valence-corrected chi connectivity index (χ1v) is 10.7. The van der Waals surface area contributed by atoms with E-state index in [1.165, 1.54) is 23.9 Å². The lowest BCUT2D eigenvalue weighted by Crippen LogP contribution is -2.34.